The number of rotatable bonds is 8. The van der Waals surface area contributed by atoms with E-state index < -0.39 is 30.0 Å². The zero-order valence-corrected chi connectivity index (χ0v) is 20.1. The number of fused-ring (bicyclic) bond motifs is 2. The highest BCUT2D eigenvalue weighted by atomic mass is 16.7. The van der Waals surface area contributed by atoms with Crippen molar-refractivity contribution in [2.75, 3.05) is 41.0 Å². The molecule has 1 N–H and O–H groups in total. The van der Waals surface area contributed by atoms with Gasteiger partial charge < -0.3 is 24.1 Å². The van der Waals surface area contributed by atoms with Gasteiger partial charge in [0.2, 0.25) is 0 Å². The van der Waals surface area contributed by atoms with Crippen LogP contribution in [-0.2, 0) is 19.9 Å². The average Bonchev–Trinajstić information content (AvgIpc) is 3.05. The standard InChI is InChI=1S/C28H31NO6/c1-29-18-27(26(30)25(35-29)17-33-27)19-34-28(20-7-5-4-6-8-20,21-9-13-23(31-2)14-10-21)22-11-15-24(32-3)16-12-22/h4-16,25-26,30H,17-19H2,1-3H3/t25-,26?,27+/m1/s1/i17T/t17-,25+,26?,27-/m0. The summed E-state index contributed by atoms with van der Waals surface area (Å²) < 4.78 is 32.1. The van der Waals surface area contributed by atoms with Gasteiger partial charge in [0.15, 0.2) is 0 Å². The average molecular weight is 480 g/mol. The van der Waals surface area contributed by atoms with E-state index in [-0.39, 0.29) is 13.2 Å². The van der Waals surface area contributed by atoms with E-state index in [1.165, 1.54) is 0 Å². The summed E-state index contributed by atoms with van der Waals surface area (Å²) in [7, 11) is 5.03. The maximum Gasteiger partial charge on any atom is 0.143 e. The van der Waals surface area contributed by atoms with Gasteiger partial charge in [-0.15, -0.1) is 0 Å². The Labute approximate surface area is 207 Å². The summed E-state index contributed by atoms with van der Waals surface area (Å²) in [5.74, 6) is 1.46. The quantitative estimate of drug-likeness (QED) is 0.497. The van der Waals surface area contributed by atoms with Crippen LogP contribution in [0.4, 0.5) is 0 Å². The van der Waals surface area contributed by atoms with Gasteiger partial charge in [-0.25, -0.2) is 0 Å². The zero-order chi connectivity index (χ0) is 25.3. The van der Waals surface area contributed by atoms with Gasteiger partial charge >= 0.3 is 0 Å². The number of nitrogens with zero attached hydrogens (tertiary/aromatic N) is 1. The molecule has 7 nitrogen and oxygen atoms in total. The van der Waals surface area contributed by atoms with E-state index in [2.05, 4.69) is 0 Å². The Hall–Kier alpha value is -2.94. The number of hydroxylamine groups is 2. The van der Waals surface area contributed by atoms with Crippen LogP contribution >= 0.6 is 0 Å². The van der Waals surface area contributed by atoms with E-state index >= 15 is 0 Å². The molecule has 0 amide bonds. The zero-order valence-electron chi connectivity index (χ0n) is 21.1. The van der Waals surface area contributed by atoms with Crippen molar-refractivity contribution in [1.82, 2.24) is 5.06 Å². The van der Waals surface area contributed by atoms with Crippen LogP contribution < -0.4 is 9.47 Å². The molecule has 0 aliphatic carbocycles. The van der Waals surface area contributed by atoms with Crippen LogP contribution in [0.1, 0.15) is 18.1 Å². The van der Waals surface area contributed by atoms with E-state index in [1.54, 1.807) is 26.3 Å². The smallest absolute Gasteiger partial charge is 0.143 e. The largest absolute Gasteiger partial charge is 0.497 e. The van der Waals surface area contributed by atoms with E-state index in [1.807, 2.05) is 78.9 Å². The molecule has 3 aromatic carbocycles. The van der Waals surface area contributed by atoms with Gasteiger partial charge in [-0.2, -0.15) is 5.06 Å². The summed E-state index contributed by atoms with van der Waals surface area (Å²) in [6.45, 7) is -0.724. The molecule has 184 valence electrons. The third-order valence-corrected chi connectivity index (χ3v) is 6.79. The molecule has 7 heteroatoms. The molecule has 0 radical (unpaired) electrons. The summed E-state index contributed by atoms with van der Waals surface area (Å²) in [6.07, 6.45) is -1.78. The summed E-state index contributed by atoms with van der Waals surface area (Å²) in [5, 5.41) is 12.7. The van der Waals surface area contributed by atoms with E-state index in [0.29, 0.717) is 0 Å². The lowest BCUT2D eigenvalue weighted by Crippen LogP contribution is -2.60. The van der Waals surface area contributed by atoms with Gasteiger partial charge in [-0.05, 0) is 41.0 Å². The maximum atomic E-state index is 11.1. The third-order valence-electron chi connectivity index (χ3n) is 6.79. The van der Waals surface area contributed by atoms with Gasteiger partial charge in [0.05, 0.1) is 35.3 Å². The predicted octanol–water partition coefficient (Wildman–Crippen LogP) is 3.39. The second-order valence-electron chi connectivity index (χ2n) is 8.91. The minimum atomic E-state index is -1.12. The lowest BCUT2D eigenvalue weighted by atomic mass is 9.79. The monoisotopic (exact) mass is 479 g/mol. The summed E-state index contributed by atoms with van der Waals surface area (Å²) >= 11 is 0. The van der Waals surface area contributed by atoms with E-state index in [9.17, 15) is 5.11 Å². The first-order valence-corrected chi connectivity index (χ1v) is 11.6. The van der Waals surface area contributed by atoms with Crippen LogP contribution in [-0.4, -0.2) is 69.0 Å². The number of ether oxygens (including phenoxy) is 4. The number of hydrogen-bond acceptors (Lipinski definition) is 7. The fourth-order valence-electron chi connectivity index (χ4n) is 4.95. The first kappa shape index (κ1) is 22.5. The van der Waals surface area contributed by atoms with Crippen molar-refractivity contribution in [1.29, 1.82) is 0 Å². The molecule has 2 saturated heterocycles. The Morgan fingerprint density at radius 2 is 1.49 bits per heavy atom. The molecule has 3 aromatic rings. The van der Waals surface area contributed by atoms with Gasteiger partial charge in [0.1, 0.15) is 34.9 Å². The van der Waals surface area contributed by atoms with Crippen LogP contribution in [0, 0.1) is 0 Å². The molecule has 0 spiro atoms. The van der Waals surface area contributed by atoms with Crippen LogP contribution in [0.25, 0.3) is 0 Å². The van der Waals surface area contributed by atoms with Crippen molar-refractivity contribution in [3.05, 3.63) is 95.6 Å². The van der Waals surface area contributed by atoms with Gasteiger partial charge in [0.25, 0.3) is 0 Å². The highest BCUT2D eigenvalue weighted by Gasteiger charge is 2.56. The van der Waals surface area contributed by atoms with E-state index in [0.717, 1.165) is 28.2 Å². The lowest BCUT2D eigenvalue weighted by molar-refractivity contribution is -0.261. The number of benzene rings is 3. The second kappa shape index (κ2) is 9.60. The normalized spacial score (nSPS) is 26.9. The van der Waals surface area contributed by atoms with Crippen molar-refractivity contribution in [3.63, 3.8) is 0 Å². The fourth-order valence-corrected chi connectivity index (χ4v) is 4.95. The van der Waals surface area contributed by atoms with Crippen LogP contribution in [0.3, 0.4) is 0 Å². The van der Waals surface area contributed by atoms with Crippen molar-refractivity contribution < 1.29 is 30.3 Å². The topological polar surface area (TPSA) is 69.6 Å². The molecule has 2 aliphatic heterocycles. The summed E-state index contributed by atoms with van der Waals surface area (Å²) in [6, 6.07) is 25.4. The Morgan fingerprint density at radius 3 is 2.03 bits per heavy atom. The van der Waals surface area contributed by atoms with Gasteiger partial charge in [0, 0.05) is 7.05 Å². The Kier molecular flexibility index (Phi) is 6.18. The van der Waals surface area contributed by atoms with Gasteiger partial charge in [-0.1, -0.05) is 54.6 Å². The molecule has 0 saturated carbocycles. The highest BCUT2D eigenvalue weighted by Crippen LogP contribution is 2.44. The van der Waals surface area contributed by atoms with Crippen LogP contribution in [0.2, 0.25) is 0 Å². The first-order chi connectivity index (χ1) is 17.4. The van der Waals surface area contributed by atoms with Crippen LogP contribution in [0.15, 0.2) is 78.9 Å². The van der Waals surface area contributed by atoms with E-state index in [4.69, 9.17) is 25.2 Å². The minimum absolute atomic E-state index is 0.0285. The maximum absolute atomic E-state index is 11.1. The number of likely N-dealkylation sites (N-methyl/N-ethyl adjacent to an activating group) is 1. The Morgan fingerprint density at radius 1 is 0.943 bits per heavy atom. The lowest BCUT2D eigenvalue weighted by Gasteiger charge is -2.43. The number of aliphatic hydroxyl groups excluding tert-OH is 1. The molecule has 35 heavy (non-hydrogen) atoms. The van der Waals surface area contributed by atoms with Crippen molar-refractivity contribution in [3.8, 4) is 11.5 Å². The van der Waals surface area contributed by atoms with Crippen LogP contribution in [0.5, 0.6) is 11.5 Å². The SMILES string of the molecule is [3H][C@@H]1O[C@]2(COC(c3ccccc3)(c3ccc(OC)cc3)c3ccc(OC)cc3)CN(C)O[C@H]1C2O. The molecule has 1 unspecified atom stereocenters. The molecule has 4 atom stereocenters. The van der Waals surface area contributed by atoms with Gasteiger partial charge in [-0.3, -0.25) is 4.84 Å². The summed E-state index contributed by atoms with van der Waals surface area (Å²) in [5.41, 5.74) is 0.488. The van der Waals surface area contributed by atoms with Crippen molar-refractivity contribution in [2.45, 2.75) is 23.4 Å². The number of aliphatic hydroxyl groups is 1. The first-order valence-electron chi connectivity index (χ1n) is 12.1. The molecule has 5 rings (SSSR count). The molecular weight excluding hydrogens is 446 g/mol. The third kappa shape index (κ3) is 4.20. The number of methoxy groups -OCH3 is 2. The molecule has 0 aromatic heterocycles. The number of hydrogen-bond donors (Lipinski definition) is 1. The Balaban J connectivity index is 1.64. The molecular formula is C28H31NO6. The predicted molar refractivity (Wildman–Crippen MR) is 130 cm³/mol. The summed E-state index contributed by atoms with van der Waals surface area (Å²) in [4.78, 5) is 5.65. The van der Waals surface area contributed by atoms with Crippen molar-refractivity contribution in [2.24, 2.45) is 0 Å². The highest BCUT2D eigenvalue weighted by molar-refractivity contribution is 5.49. The molecule has 2 bridgehead atoms. The Bertz CT molecular complexity index is 1110. The minimum Gasteiger partial charge on any atom is -0.497 e. The second-order valence-corrected chi connectivity index (χ2v) is 8.91. The molecule has 2 aliphatic rings. The fraction of sp³-hybridized carbons (Fsp3) is 0.357. The van der Waals surface area contributed by atoms with Crippen molar-refractivity contribution >= 4 is 0 Å². The molecule has 2 fully saturated rings. The molecule has 2 heterocycles.